The molecule has 0 spiro atoms. The summed E-state index contributed by atoms with van der Waals surface area (Å²) < 4.78 is 5.04. The monoisotopic (exact) mass is 390 g/mol. The lowest BCUT2D eigenvalue weighted by molar-refractivity contribution is -0.152. The second-order valence-electron chi connectivity index (χ2n) is 7.22. The van der Waals surface area contributed by atoms with Gasteiger partial charge < -0.3 is 19.4 Å². The fraction of sp³-hybridized carbons (Fsp3) is 0.350. The van der Waals surface area contributed by atoms with Gasteiger partial charge >= 0.3 is 5.97 Å². The molecule has 29 heavy (non-hydrogen) atoms. The lowest BCUT2D eigenvalue weighted by Crippen LogP contribution is -2.45. The van der Waals surface area contributed by atoms with Crippen LogP contribution in [0.1, 0.15) is 12.8 Å². The molecule has 0 bridgehead atoms. The number of fused-ring (bicyclic) bond motifs is 1. The summed E-state index contributed by atoms with van der Waals surface area (Å²) in [5.74, 6) is -0.251. The van der Waals surface area contributed by atoms with Gasteiger partial charge in [-0.15, -0.1) is 0 Å². The number of ether oxygens (including phenoxy) is 1. The van der Waals surface area contributed by atoms with Gasteiger partial charge in [0.2, 0.25) is 0 Å². The van der Waals surface area contributed by atoms with Crippen LogP contribution in [0, 0.1) is 5.41 Å². The van der Waals surface area contributed by atoms with Crippen molar-refractivity contribution >= 4 is 36.2 Å². The molecule has 0 amide bonds. The van der Waals surface area contributed by atoms with Gasteiger partial charge in [-0.2, -0.15) is 0 Å². The van der Waals surface area contributed by atoms with E-state index in [1.165, 1.54) is 20.7 Å². The van der Waals surface area contributed by atoms with Crippen molar-refractivity contribution in [1.82, 2.24) is 19.9 Å². The second-order valence-corrected chi connectivity index (χ2v) is 7.22. The normalized spacial score (nSPS) is 15.8. The number of esters is 1. The number of hydrogen-bond donors (Lipinski definition) is 1. The maximum Gasteiger partial charge on any atom is 0.311 e. The van der Waals surface area contributed by atoms with E-state index in [1.54, 1.807) is 18.6 Å². The van der Waals surface area contributed by atoms with E-state index in [0.717, 1.165) is 34.0 Å². The van der Waals surface area contributed by atoms with Gasteiger partial charge in [0.15, 0.2) is 7.28 Å². The summed E-state index contributed by atoms with van der Waals surface area (Å²) in [6, 6.07) is 1.99. The molecular weight excluding hydrogens is 369 g/mol. The predicted octanol–water partition coefficient (Wildman–Crippen LogP) is 2.09. The van der Waals surface area contributed by atoms with Crippen LogP contribution in [0.2, 0.25) is 6.32 Å². The van der Waals surface area contributed by atoms with Gasteiger partial charge in [-0.3, -0.25) is 4.79 Å². The van der Waals surface area contributed by atoms with Crippen molar-refractivity contribution in [2.24, 2.45) is 5.41 Å². The Morgan fingerprint density at radius 1 is 1.34 bits per heavy atom. The topological polar surface area (TPSA) is 101 Å². The number of piperidine rings is 1. The van der Waals surface area contributed by atoms with E-state index in [9.17, 15) is 9.59 Å². The summed E-state index contributed by atoms with van der Waals surface area (Å²) in [4.78, 5) is 41.5. The molecule has 1 N–H and O–H groups in total. The Bertz CT molecular complexity index is 1020. The van der Waals surface area contributed by atoms with Crippen molar-refractivity contribution in [2.45, 2.75) is 19.2 Å². The molecule has 3 aromatic rings. The van der Waals surface area contributed by atoms with Gasteiger partial charge in [0.05, 0.1) is 18.7 Å². The number of carbonyl (C=O) groups excluding carboxylic acids is 2. The number of anilines is 1. The maximum atomic E-state index is 12.4. The average Bonchev–Trinajstić information content (AvgIpc) is 3.22. The highest BCUT2D eigenvalue weighted by Gasteiger charge is 2.42. The molecule has 147 valence electrons. The third kappa shape index (κ3) is 3.48. The quantitative estimate of drug-likeness (QED) is 0.391. The molecule has 0 saturated carbocycles. The lowest BCUT2D eigenvalue weighted by atomic mass is 9.60. The van der Waals surface area contributed by atoms with E-state index in [-0.39, 0.29) is 5.97 Å². The summed E-state index contributed by atoms with van der Waals surface area (Å²) in [6.45, 7) is 1.35. The molecule has 1 aliphatic heterocycles. The van der Waals surface area contributed by atoms with E-state index >= 15 is 0 Å². The van der Waals surface area contributed by atoms with Crippen molar-refractivity contribution in [1.29, 1.82) is 0 Å². The number of nitrogens with one attached hydrogen (secondary N) is 1. The van der Waals surface area contributed by atoms with Gasteiger partial charge in [-0.25, -0.2) is 15.0 Å². The van der Waals surface area contributed by atoms with Crippen LogP contribution in [0.25, 0.3) is 22.2 Å². The Hall–Kier alpha value is -3.23. The molecule has 0 atom stereocenters. The SMILES string of the molecule is COC(=O)C1(C[B]C=O)CCN(c2ccnc3[nH]cc(-c4cncnc4)c23)CC1. The number of aromatic nitrogens is 4. The van der Waals surface area contributed by atoms with Crippen molar-refractivity contribution < 1.29 is 14.3 Å². The molecule has 0 unspecified atom stereocenters. The molecule has 3 aromatic heterocycles. The van der Waals surface area contributed by atoms with Crippen LogP contribution < -0.4 is 4.90 Å². The zero-order valence-electron chi connectivity index (χ0n) is 16.2. The summed E-state index contributed by atoms with van der Waals surface area (Å²) in [5.41, 5.74) is 3.10. The minimum atomic E-state index is -0.646. The number of hydrogen-bond acceptors (Lipinski definition) is 7. The number of pyridine rings is 1. The molecule has 8 nitrogen and oxygen atoms in total. The fourth-order valence-corrected chi connectivity index (χ4v) is 4.13. The highest BCUT2D eigenvalue weighted by atomic mass is 16.5. The number of H-pyrrole nitrogens is 1. The Kier molecular flexibility index (Phi) is 5.29. The summed E-state index contributed by atoms with van der Waals surface area (Å²) in [6.07, 6.45) is 11.1. The Labute approximate surface area is 169 Å². The third-order valence-electron chi connectivity index (χ3n) is 5.71. The maximum absolute atomic E-state index is 12.4. The molecule has 9 heteroatoms. The molecule has 0 aliphatic carbocycles. The van der Waals surface area contributed by atoms with Crippen molar-refractivity contribution in [3.05, 3.63) is 37.2 Å². The standard InChI is InChI=1S/C20H21BN5O3/c1-29-19(28)20(11-21-12-27)3-6-26(7-4-20)16-2-5-24-18-17(16)15(10-25-18)14-8-22-13-23-9-14/h2,5,8-10,12-13H,3-4,6-7,11H2,1H3,(H,24,25). The highest BCUT2D eigenvalue weighted by Crippen LogP contribution is 2.41. The van der Waals surface area contributed by atoms with E-state index < -0.39 is 5.41 Å². The van der Waals surface area contributed by atoms with Crippen molar-refractivity contribution in [3.63, 3.8) is 0 Å². The van der Waals surface area contributed by atoms with E-state index in [2.05, 4.69) is 24.8 Å². The van der Waals surface area contributed by atoms with E-state index in [4.69, 9.17) is 4.74 Å². The van der Waals surface area contributed by atoms with Crippen LogP contribution in [0.15, 0.2) is 37.2 Å². The molecular formula is C20H21BN5O3. The van der Waals surface area contributed by atoms with E-state index in [1.807, 2.05) is 12.3 Å². The minimum Gasteiger partial charge on any atom is -0.469 e. The van der Waals surface area contributed by atoms with Gasteiger partial charge in [0, 0.05) is 60.1 Å². The predicted molar refractivity (Wildman–Crippen MR) is 110 cm³/mol. The Morgan fingerprint density at radius 2 is 2.10 bits per heavy atom. The smallest absolute Gasteiger partial charge is 0.311 e. The molecule has 4 rings (SSSR count). The molecule has 4 heterocycles. The van der Waals surface area contributed by atoms with Crippen LogP contribution in [0.5, 0.6) is 0 Å². The number of methoxy groups -OCH3 is 1. The van der Waals surface area contributed by atoms with Crippen LogP contribution in [-0.4, -0.2) is 59.6 Å². The minimum absolute atomic E-state index is 0.251. The third-order valence-corrected chi connectivity index (χ3v) is 5.71. The molecule has 0 aromatic carbocycles. The van der Waals surface area contributed by atoms with Crippen molar-refractivity contribution in [2.75, 3.05) is 25.1 Å². The largest absolute Gasteiger partial charge is 0.469 e. The fourth-order valence-electron chi connectivity index (χ4n) is 4.13. The van der Waals surface area contributed by atoms with Crippen LogP contribution in [0.4, 0.5) is 5.69 Å². The van der Waals surface area contributed by atoms with Gasteiger partial charge in [0.1, 0.15) is 12.0 Å². The highest BCUT2D eigenvalue weighted by molar-refractivity contribution is 6.67. The van der Waals surface area contributed by atoms with E-state index in [0.29, 0.717) is 32.3 Å². The summed E-state index contributed by atoms with van der Waals surface area (Å²) in [7, 11) is 2.91. The lowest BCUT2D eigenvalue weighted by Gasteiger charge is -2.40. The molecule has 1 aliphatic rings. The zero-order valence-corrected chi connectivity index (χ0v) is 16.2. The first-order valence-electron chi connectivity index (χ1n) is 9.50. The van der Waals surface area contributed by atoms with Crippen LogP contribution in [0.3, 0.4) is 0 Å². The van der Waals surface area contributed by atoms with Crippen LogP contribution in [-0.2, 0) is 14.3 Å². The first-order valence-corrected chi connectivity index (χ1v) is 9.50. The average molecular weight is 390 g/mol. The van der Waals surface area contributed by atoms with Crippen LogP contribution >= 0.6 is 0 Å². The first-order chi connectivity index (χ1) is 14.2. The molecule has 1 fully saturated rings. The van der Waals surface area contributed by atoms with Gasteiger partial charge in [-0.1, -0.05) is 6.32 Å². The van der Waals surface area contributed by atoms with Crippen molar-refractivity contribution in [3.8, 4) is 11.1 Å². The molecule has 1 radical (unpaired) electrons. The second kappa shape index (κ2) is 8.02. The number of nitrogens with zero attached hydrogens (tertiary/aromatic N) is 4. The Morgan fingerprint density at radius 3 is 2.79 bits per heavy atom. The number of rotatable bonds is 6. The zero-order chi connectivity index (χ0) is 20.3. The number of carbonyl (C=O) groups is 2. The number of aromatic amines is 1. The first kappa shape index (κ1) is 19.1. The Balaban J connectivity index is 1.66. The summed E-state index contributed by atoms with van der Waals surface area (Å²) >= 11 is 0. The molecule has 1 saturated heterocycles. The van der Waals surface area contributed by atoms with Gasteiger partial charge in [-0.05, 0) is 18.9 Å². The van der Waals surface area contributed by atoms with Gasteiger partial charge in [0.25, 0.3) is 0 Å². The summed E-state index contributed by atoms with van der Waals surface area (Å²) in [5, 5.41) is 1.01.